The summed E-state index contributed by atoms with van der Waals surface area (Å²) in [6, 6.07) is 12.8. The first-order valence-electron chi connectivity index (χ1n) is 29.3. The van der Waals surface area contributed by atoms with E-state index in [1.54, 1.807) is 23.1 Å². The van der Waals surface area contributed by atoms with Gasteiger partial charge in [-0.15, -0.1) is 0 Å². The highest BCUT2D eigenvalue weighted by Crippen LogP contribution is 2.40. The molecule has 23 heteroatoms. The highest BCUT2D eigenvalue weighted by Gasteiger charge is 2.41. The average Bonchev–Trinajstić information content (AvgIpc) is 2.46. The van der Waals surface area contributed by atoms with E-state index in [4.69, 9.17) is 33.4 Å². The fourth-order valence-electron chi connectivity index (χ4n) is 9.68. The molecule has 3 aliphatic heterocycles. The Bertz CT molecular complexity index is 2990. The molecule has 5 aromatic rings. The molecule has 3 unspecified atom stereocenters. The molecule has 0 aliphatic carbocycles. The van der Waals surface area contributed by atoms with E-state index >= 15 is 0 Å². The lowest BCUT2D eigenvalue weighted by atomic mass is 9.91. The number of aryl methyl sites for hydroxylation is 1. The molecule has 2 N–H and O–H groups in total. The third kappa shape index (κ3) is 20.5. The highest BCUT2D eigenvalue weighted by atomic mass is 32.2. The second-order valence-electron chi connectivity index (χ2n) is 24.5. The molecule has 2 amide bonds. The molecule has 8 rings (SSSR count). The molecule has 468 valence electrons. The van der Waals surface area contributed by atoms with E-state index in [1.807, 2.05) is 85.5 Å². The number of piperazine rings is 2. The van der Waals surface area contributed by atoms with Crippen LogP contribution >= 0.6 is 0 Å². The Labute approximate surface area is 504 Å². The van der Waals surface area contributed by atoms with Gasteiger partial charge in [-0.25, -0.2) is 19.2 Å². The lowest BCUT2D eigenvalue weighted by Crippen LogP contribution is -2.56. The number of rotatable bonds is 22. The minimum Gasteiger partial charge on any atom is -0.490 e. The zero-order chi connectivity index (χ0) is 62.1. The Balaban J connectivity index is 0.000000238. The maximum Gasteiger partial charge on any atom is 0.410 e. The Morgan fingerprint density at radius 1 is 0.812 bits per heavy atom. The summed E-state index contributed by atoms with van der Waals surface area (Å²) in [5, 5.41) is 11.3. The van der Waals surface area contributed by atoms with E-state index in [2.05, 4.69) is 75.0 Å². The molecule has 3 aromatic heterocycles. The second kappa shape index (κ2) is 31.6. The van der Waals surface area contributed by atoms with Crippen molar-refractivity contribution in [3.05, 3.63) is 88.9 Å². The molecule has 3 atom stereocenters. The van der Waals surface area contributed by atoms with Crippen molar-refractivity contribution in [2.45, 2.75) is 122 Å². The fourth-order valence-corrected chi connectivity index (χ4v) is 10.9. The largest absolute Gasteiger partial charge is 0.490 e. The number of ether oxygens (including phenoxy) is 6. The Kier molecular flexibility index (Phi) is 25.3. The number of benzene rings is 2. The van der Waals surface area contributed by atoms with Gasteiger partial charge >= 0.3 is 6.09 Å². The minimum absolute atomic E-state index is 0.0282. The lowest BCUT2D eigenvalue weighted by molar-refractivity contribution is -0.120. The van der Waals surface area contributed by atoms with Crippen LogP contribution in [0.2, 0.25) is 0 Å². The number of hydrogen-bond acceptors (Lipinski definition) is 18. The van der Waals surface area contributed by atoms with Gasteiger partial charge in [0.25, 0.3) is 0 Å². The smallest absolute Gasteiger partial charge is 0.410 e. The molecule has 6 heterocycles. The summed E-state index contributed by atoms with van der Waals surface area (Å²) in [7, 11) is 3.01. The van der Waals surface area contributed by atoms with Crippen LogP contribution in [0.3, 0.4) is 0 Å². The van der Waals surface area contributed by atoms with E-state index in [9.17, 15) is 23.0 Å². The number of nitrogens with one attached hydrogen (secondary N) is 2. The summed E-state index contributed by atoms with van der Waals surface area (Å²) in [6.45, 7) is 33.2. The summed E-state index contributed by atoms with van der Waals surface area (Å²) in [6.07, 6.45) is 4.34. The van der Waals surface area contributed by atoms with Crippen molar-refractivity contribution in [2.75, 3.05) is 136 Å². The molecule has 2 saturated heterocycles. The van der Waals surface area contributed by atoms with Crippen molar-refractivity contribution in [1.29, 1.82) is 0 Å². The topological polar surface area (TPSA) is 219 Å². The number of halogens is 1. The number of anilines is 3. The summed E-state index contributed by atoms with van der Waals surface area (Å²) >= 11 is 0. The number of likely N-dealkylation sites (N-methyl/N-ethyl adjacent to an activating group) is 2. The monoisotopic (exact) mass is 1200 g/mol. The zero-order valence-corrected chi connectivity index (χ0v) is 53.4. The first-order valence-corrected chi connectivity index (χ1v) is 30.4. The molecule has 0 radical (unpaired) electrons. The number of H-pyrrole nitrogens is 1. The van der Waals surface area contributed by atoms with Gasteiger partial charge in [-0.05, 0) is 125 Å². The number of hydrogen-bond donors (Lipinski definition) is 2. The van der Waals surface area contributed by atoms with Gasteiger partial charge in [-0.3, -0.25) is 24.0 Å². The van der Waals surface area contributed by atoms with E-state index in [0.717, 1.165) is 39.8 Å². The molecule has 3 aliphatic rings. The van der Waals surface area contributed by atoms with Crippen molar-refractivity contribution >= 4 is 57.3 Å². The van der Waals surface area contributed by atoms with Crippen LogP contribution in [-0.2, 0) is 55.9 Å². The van der Waals surface area contributed by atoms with Crippen LogP contribution in [-0.4, -0.2) is 216 Å². The van der Waals surface area contributed by atoms with E-state index in [0.29, 0.717) is 118 Å². The van der Waals surface area contributed by atoms with Crippen molar-refractivity contribution in [3.8, 4) is 5.75 Å². The van der Waals surface area contributed by atoms with Crippen LogP contribution in [0.15, 0.2) is 59.9 Å². The van der Waals surface area contributed by atoms with Gasteiger partial charge < -0.3 is 58.1 Å². The highest BCUT2D eigenvalue weighted by molar-refractivity contribution is 7.86. The van der Waals surface area contributed by atoms with Crippen molar-refractivity contribution in [2.24, 2.45) is 0 Å². The third-order valence-electron chi connectivity index (χ3n) is 14.6. The fraction of sp³-hybridized carbons (Fsp3) is 0.597. The van der Waals surface area contributed by atoms with Crippen molar-refractivity contribution in [3.63, 3.8) is 0 Å². The standard InChI is InChI=1S/C28H37FN4O3.C27H39N5O7S.C7H16N2/c1-19-16-31(11-12-32(19)26(35)36-27(2,3)4)17-24(34)33-18-28(5,6)25-23(33)14-21(15-30-25)13-20-7-9-22(29)10-8-20;1-19-20(2)31-32-25(19)30-26-21-16-24(40(34)27(3,4)5)23(17-22(21)28-18-29-26)39-15-14-38-13-12-37-11-10-36-9-8-35-7-6-33;1-7-6-8(2)4-5-9(7)3/h7-10,14-15,19H,11-13,16-18H2,1-6H3;6,16-18H,7-15H2,1-5H3,(H2,28,29,30,31,32);7H,4-6H2,1-3H3. The number of aromatic amines is 1. The van der Waals surface area contributed by atoms with Gasteiger partial charge in [-0.1, -0.05) is 26.0 Å². The van der Waals surface area contributed by atoms with Crippen LogP contribution in [0.1, 0.15) is 97.3 Å². The Hall–Kier alpha value is -6.05. The number of nitrogens with zero attached hydrogens (tertiary/aromatic N) is 9. The molecule has 0 spiro atoms. The summed E-state index contributed by atoms with van der Waals surface area (Å²) in [4.78, 5) is 60.8. The molecule has 2 fully saturated rings. The van der Waals surface area contributed by atoms with Crippen LogP contribution in [0.5, 0.6) is 5.75 Å². The van der Waals surface area contributed by atoms with Crippen LogP contribution in [0.25, 0.3) is 10.9 Å². The number of fused-ring (bicyclic) bond motifs is 2. The maximum atomic E-state index is 13.5. The first-order chi connectivity index (χ1) is 40.2. The molecular weight excluding hydrogens is 1110 g/mol. The Morgan fingerprint density at radius 2 is 1.47 bits per heavy atom. The number of carbonyl (C=O) groups excluding carboxylic acids is 3. The first kappa shape index (κ1) is 68.1. The number of aldehydes is 1. The predicted octanol–water partition coefficient (Wildman–Crippen LogP) is 7.89. The predicted molar refractivity (Wildman–Crippen MR) is 329 cm³/mol. The summed E-state index contributed by atoms with van der Waals surface area (Å²) < 4.78 is 59.2. The van der Waals surface area contributed by atoms with Gasteiger partial charge in [0.2, 0.25) is 5.91 Å². The average molecular weight is 1200 g/mol. The van der Waals surface area contributed by atoms with E-state index in [1.165, 1.54) is 38.1 Å². The summed E-state index contributed by atoms with van der Waals surface area (Å²) in [5.74, 6) is 1.50. The molecular formula is C62H92FN11O10S. The van der Waals surface area contributed by atoms with Gasteiger partial charge in [-0.2, -0.15) is 5.10 Å². The minimum atomic E-state index is -1.37. The molecule has 0 bridgehead atoms. The van der Waals surface area contributed by atoms with Crippen LogP contribution in [0.4, 0.5) is 26.5 Å². The Morgan fingerprint density at radius 3 is 2.06 bits per heavy atom. The van der Waals surface area contributed by atoms with Crippen LogP contribution in [0, 0.1) is 19.7 Å². The molecule has 85 heavy (non-hydrogen) atoms. The molecule has 21 nitrogen and oxygen atoms in total. The number of carbonyl (C=O) groups is 3. The second-order valence-corrected chi connectivity index (χ2v) is 26.7. The number of aromatic nitrogens is 5. The van der Waals surface area contributed by atoms with Gasteiger partial charge in [0.1, 0.15) is 48.8 Å². The van der Waals surface area contributed by atoms with E-state index < -0.39 is 21.1 Å². The maximum absolute atomic E-state index is 13.5. The van der Waals surface area contributed by atoms with Crippen molar-refractivity contribution in [1.82, 2.24) is 44.7 Å². The lowest BCUT2D eigenvalue weighted by Gasteiger charge is -2.40. The third-order valence-corrected chi connectivity index (χ3v) is 16.5. The number of amides is 2. The number of pyridine rings is 1. The van der Waals surface area contributed by atoms with Crippen LogP contribution < -0.4 is 15.0 Å². The molecule has 2 aromatic carbocycles. The van der Waals surface area contributed by atoms with E-state index in [-0.39, 0.29) is 49.0 Å². The zero-order valence-electron chi connectivity index (χ0n) is 52.5. The van der Waals surface area contributed by atoms with Gasteiger partial charge in [0, 0.05) is 97.0 Å². The van der Waals surface area contributed by atoms with Crippen molar-refractivity contribution < 1.29 is 51.4 Å². The SMILES string of the molecule is CC1CN(C)CCN1C.CC1CN(CC(=O)N2CC(C)(C)c3ncc(Cc4ccc(F)cc4)cc32)CCN1C(=O)OC(C)(C)C.Cc1[nH]nc(Nc2ncnc3cc(OCCOCCOCCOCCOCC=O)c(S(=O)C(C)(C)C)cc23)c1C. The van der Waals surface area contributed by atoms with Gasteiger partial charge in [0.05, 0.1) is 85.4 Å². The quantitative estimate of drug-likeness (QED) is 0.0497. The summed E-state index contributed by atoms with van der Waals surface area (Å²) in [5.41, 5.74) is 5.56. The normalized spacial score (nSPS) is 17.8. The molecule has 0 saturated carbocycles. The van der Waals surface area contributed by atoms with Gasteiger partial charge in [0.15, 0.2) is 5.82 Å².